The van der Waals surface area contributed by atoms with Crippen molar-refractivity contribution in [1.29, 1.82) is 5.26 Å². The van der Waals surface area contributed by atoms with Crippen LogP contribution in [0.3, 0.4) is 0 Å². The van der Waals surface area contributed by atoms with Crippen LogP contribution in [0.25, 0.3) is 10.9 Å². The van der Waals surface area contributed by atoms with Crippen LogP contribution in [0, 0.1) is 29.6 Å². The van der Waals surface area contributed by atoms with Gasteiger partial charge in [0.25, 0.3) is 0 Å². The molecule has 0 radical (unpaired) electrons. The van der Waals surface area contributed by atoms with Crippen LogP contribution in [0.5, 0.6) is 0 Å². The van der Waals surface area contributed by atoms with E-state index in [-0.39, 0.29) is 11.0 Å². The highest BCUT2D eigenvalue weighted by molar-refractivity contribution is 6.35. The molecule has 10 heteroatoms. The molecule has 8 nitrogen and oxygen atoms in total. The van der Waals surface area contributed by atoms with E-state index in [1.807, 2.05) is 13.0 Å². The fourth-order valence-electron chi connectivity index (χ4n) is 4.48. The summed E-state index contributed by atoms with van der Waals surface area (Å²) in [5.41, 5.74) is 11.3. The number of aryl methyl sites for hydroxylation is 1. The Kier molecular flexibility index (Phi) is 7.66. The van der Waals surface area contributed by atoms with Crippen molar-refractivity contribution in [2.45, 2.75) is 66.0 Å². The lowest BCUT2D eigenvalue weighted by Gasteiger charge is -2.31. The van der Waals surface area contributed by atoms with Gasteiger partial charge in [-0.15, -0.1) is 0 Å². The standard InChI is InChI=1S/C29H36ClFN8/c1-16-20(7-8-23(31)37-16)27(24(33)17(2)39(34)29(6)9-10-29)38-19-11-21-25(36-15-28(3,4)5)18(13-32)14-35-26(21)22(30)12-19/h7-8,11-12,14,27,38H,9-10,15,33-34H2,1-6H3,(H,35,36)/b24-17-. The average Bonchev–Trinajstić information content (AvgIpc) is 3.62. The third kappa shape index (κ3) is 6.02. The summed E-state index contributed by atoms with van der Waals surface area (Å²) in [4.78, 5) is 8.47. The number of halogens is 2. The first-order valence-corrected chi connectivity index (χ1v) is 13.3. The van der Waals surface area contributed by atoms with Gasteiger partial charge < -0.3 is 21.4 Å². The molecular weight excluding hydrogens is 515 g/mol. The van der Waals surface area contributed by atoms with Crippen LogP contribution in [0.2, 0.25) is 5.02 Å². The smallest absolute Gasteiger partial charge is 0.213 e. The van der Waals surface area contributed by atoms with Gasteiger partial charge in [0.05, 0.1) is 39.1 Å². The summed E-state index contributed by atoms with van der Waals surface area (Å²) in [5.74, 6) is 5.90. The molecule has 0 amide bonds. The molecule has 1 saturated carbocycles. The van der Waals surface area contributed by atoms with Crippen molar-refractivity contribution in [1.82, 2.24) is 15.0 Å². The Hall–Kier alpha value is -3.61. The second-order valence-electron chi connectivity index (χ2n) is 11.7. The van der Waals surface area contributed by atoms with Gasteiger partial charge in [-0.25, -0.2) is 10.8 Å². The highest BCUT2D eigenvalue weighted by Gasteiger charge is 2.43. The van der Waals surface area contributed by atoms with E-state index < -0.39 is 12.0 Å². The van der Waals surface area contributed by atoms with E-state index >= 15 is 0 Å². The van der Waals surface area contributed by atoms with Crippen molar-refractivity contribution in [2.75, 3.05) is 17.2 Å². The number of allylic oxidation sites excluding steroid dienone is 1. The van der Waals surface area contributed by atoms with E-state index in [2.05, 4.69) is 54.4 Å². The lowest BCUT2D eigenvalue weighted by molar-refractivity contribution is 0.252. The van der Waals surface area contributed by atoms with Crippen molar-refractivity contribution in [3.63, 3.8) is 0 Å². The molecule has 1 atom stereocenters. The van der Waals surface area contributed by atoms with Crippen LogP contribution in [0.15, 0.2) is 41.9 Å². The Labute approximate surface area is 234 Å². The Morgan fingerprint density at radius 3 is 2.59 bits per heavy atom. The summed E-state index contributed by atoms with van der Waals surface area (Å²) in [6.45, 7) is 12.7. The quantitative estimate of drug-likeness (QED) is 0.150. The molecule has 2 aromatic heterocycles. The lowest BCUT2D eigenvalue weighted by atomic mass is 9.96. The summed E-state index contributed by atoms with van der Waals surface area (Å²) >= 11 is 6.72. The lowest BCUT2D eigenvalue weighted by Crippen LogP contribution is -2.41. The van der Waals surface area contributed by atoms with Gasteiger partial charge in [0.1, 0.15) is 6.07 Å². The van der Waals surface area contributed by atoms with Crippen LogP contribution in [0.4, 0.5) is 15.8 Å². The Morgan fingerprint density at radius 2 is 2.00 bits per heavy atom. The monoisotopic (exact) mass is 550 g/mol. The molecule has 6 N–H and O–H groups in total. The van der Waals surface area contributed by atoms with Crippen LogP contribution in [-0.2, 0) is 0 Å². The average molecular weight is 551 g/mol. The van der Waals surface area contributed by atoms with E-state index in [1.54, 1.807) is 24.1 Å². The maximum atomic E-state index is 13.9. The molecule has 39 heavy (non-hydrogen) atoms. The first kappa shape index (κ1) is 28.4. The van der Waals surface area contributed by atoms with E-state index in [9.17, 15) is 9.65 Å². The van der Waals surface area contributed by atoms with Crippen LogP contribution in [-0.4, -0.2) is 27.1 Å². The Morgan fingerprint density at radius 1 is 1.31 bits per heavy atom. The Balaban J connectivity index is 1.84. The fraction of sp³-hybridized carbons (Fsp3) is 0.414. The van der Waals surface area contributed by atoms with Gasteiger partial charge >= 0.3 is 0 Å². The summed E-state index contributed by atoms with van der Waals surface area (Å²) in [7, 11) is 0. The molecule has 0 aliphatic heterocycles. The molecule has 3 aromatic rings. The summed E-state index contributed by atoms with van der Waals surface area (Å²) < 4.78 is 13.9. The van der Waals surface area contributed by atoms with Gasteiger partial charge in [-0.2, -0.15) is 9.65 Å². The molecule has 1 aromatic carbocycles. The van der Waals surface area contributed by atoms with Crippen molar-refractivity contribution < 1.29 is 4.39 Å². The minimum atomic E-state index is -0.585. The number of hydrogen-bond donors (Lipinski definition) is 4. The number of aromatic nitrogens is 2. The number of nitrogens with zero attached hydrogens (tertiary/aromatic N) is 4. The molecule has 1 fully saturated rings. The predicted octanol–water partition coefficient (Wildman–Crippen LogP) is 6.13. The molecule has 0 spiro atoms. The third-order valence-electron chi connectivity index (χ3n) is 7.20. The number of rotatable bonds is 8. The summed E-state index contributed by atoms with van der Waals surface area (Å²) in [6, 6.07) is 8.28. The number of benzene rings is 1. The molecule has 4 rings (SSSR count). The maximum Gasteiger partial charge on any atom is 0.213 e. The van der Waals surface area contributed by atoms with E-state index in [0.29, 0.717) is 62.1 Å². The summed E-state index contributed by atoms with van der Waals surface area (Å²) in [5, 5.41) is 19.5. The maximum absolute atomic E-state index is 13.9. The third-order valence-corrected chi connectivity index (χ3v) is 7.49. The van der Waals surface area contributed by atoms with Crippen molar-refractivity contribution in [3.05, 3.63) is 69.6 Å². The minimum absolute atomic E-state index is 0.0246. The molecule has 2 heterocycles. The number of anilines is 2. The fourth-order valence-corrected chi connectivity index (χ4v) is 4.75. The van der Waals surface area contributed by atoms with Gasteiger partial charge in [-0.3, -0.25) is 4.98 Å². The first-order valence-electron chi connectivity index (χ1n) is 12.9. The molecule has 1 aliphatic carbocycles. The minimum Gasteiger partial charge on any atom is -0.399 e. The molecule has 0 bridgehead atoms. The van der Waals surface area contributed by atoms with Crippen LogP contribution >= 0.6 is 11.6 Å². The first-order chi connectivity index (χ1) is 18.2. The van der Waals surface area contributed by atoms with E-state index in [1.165, 1.54) is 12.3 Å². The zero-order valence-electron chi connectivity index (χ0n) is 23.3. The van der Waals surface area contributed by atoms with Gasteiger partial charge in [-0.1, -0.05) is 38.4 Å². The van der Waals surface area contributed by atoms with Crippen molar-refractivity contribution in [2.24, 2.45) is 17.0 Å². The normalized spacial score (nSPS) is 15.8. The second kappa shape index (κ2) is 10.5. The SMILES string of the molecule is C/C(=C(/N)C(Nc1cc(Cl)c2ncc(C#N)c(NCC(C)(C)C)c2c1)c1ccc(F)nc1C)N(N)C1(C)CC1. The second-order valence-corrected chi connectivity index (χ2v) is 12.1. The number of hydrogen-bond acceptors (Lipinski definition) is 8. The molecule has 0 saturated heterocycles. The van der Waals surface area contributed by atoms with Gasteiger partial charge in [0, 0.05) is 40.8 Å². The Bertz CT molecular complexity index is 1480. The van der Waals surface area contributed by atoms with Crippen molar-refractivity contribution >= 4 is 33.9 Å². The van der Waals surface area contributed by atoms with Gasteiger partial charge in [0.2, 0.25) is 5.95 Å². The number of fused-ring (bicyclic) bond motifs is 1. The zero-order valence-corrected chi connectivity index (χ0v) is 24.0. The number of nitrogens with one attached hydrogen (secondary N) is 2. The number of nitrogens with two attached hydrogens (primary N) is 2. The van der Waals surface area contributed by atoms with Gasteiger partial charge in [-0.05, 0) is 57.2 Å². The molecule has 1 unspecified atom stereocenters. The van der Waals surface area contributed by atoms with Crippen LogP contribution < -0.4 is 22.2 Å². The van der Waals surface area contributed by atoms with Crippen molar-refractivity contribution in [3.8, 4) is 6.07 Å². The highest BCUT2D eigenvalue weighted by Crippen LogP contribution is 2.42. The number of nitriles is 1. The van der Waals surface area contributed by atoms with E-state index in [0.717, 1.165) is 12.8 Å². The highest BCUT2D eigenvalue weighted by atomic mass is 35.5. The predicted molar refractivity (Wildman–Crippen MR) is 155 cm³/mol. The van der Waals surface area contributed by atoms with Gasteiger partial charge in [0.15, 0.2) is 0 Å². The van der Waals surface area contributed by atoms with E-state index in [4.69, 9.17) is 23.2 Å². The molecular formula is C29H36ClFN8. The number of pyridine rings is 2. The summed E-state index contributed by atoms with van der Waals surface area (Å²) in [6.07, 6.45) is 3.48. The largest absolute Gasteiger partial charge is 0.399 e. The zero-order chi connectivity index (χ0) is 28.7. The molecule has 1 aliphatic rings. The van der Waals surface area contributed by atoms with Crippen LogP contribution in [0.1, 0.15) is 70.3 Å². The topological polar surface area (TPSA) is 129 Å². The number of hydrazine groups is 1. The molecule has 206 valence electrons.